The fourth-order valence-corrected chi connectivity index (χ4v) is 9.25. The third kappa shape index (κ3) is 3.29. The van der Waals surface area contributed by atoms with Crippen molar-refractivity contribution in [3.8, 4) is 0 Å². The van der Waals surface area contributed by atoms with Gasteiger partial charge in [0.05, 0.1) is 23.5 Å². The molecule has 0 unspecified atom stereocenters. The number of carbonyl (C=O) groups is 2. The Balaban J connectivity index is 1.41. The summed E-state index contributed by atoms with van der Waals surface area (Å²) >= 11 is 0. The topological polar surface area (TPSA) is 82.1 Å². The number of benzene rings is 1. The van der Waals surface area contributed by atoms with Crippen LogP contribution in [-0.2, 0) is 23.8 Å². The number of fused-ring (bicyclic) bond motifs is 2. The molecule has 0 radical (unpaired) electrons. The molecule has 2 bridgehead atoms. The second kappa shape index (κ2) is 8.02. The molecule has 1 N–H and O–H groups in total. The van der Waals surface area contributed by atoms with Crippen LogP contribution >= 0.6 is 0 Å². The molecule has 0 amide bonds. The summed E-state index contributed by atoms with van der Waals surface area (Å²) in [5.74, 6) is -1.65. The smallest absolute Gasteiger partial charge is 0.331 e. The molecule has 6 rings (SSSR count). The molecule has 10 atom stereocenters. The summed E-state index contributed by atoms with van der Waals surface area (Å²) in [5, 5.41) is 12.3. The van der Waals surface area contributed by atoms with Crippen LogP contribution in [0.4, 0.5) is 0 Å². The average Bonchev–Trinajstić information content (AvgIpc) is 3.33. The van der Waals surface area contributed by atoms with E-state index in [2.05, 4.69) is 20.8 Å². The van der Waals surface area contributed by atoms with Crippen LogP contribution in [0.3, 0.4) is 0 Å². The van der Waals surface area contributed by atoms with Gasteiger partial charge >= 0.3 is 5.97 Å². The number of aliphatic hydroxyl groups excluding tert-OH is 1. The first-order valence-corrected chi connectivity index (χ1v) is 14.2. The van der Waals surface area contributed by atoms with Crippen LogP contribution in [0.15, 0.2) is 36.4 Å². The van der Waals surface area contributed by atoms with Crippen molar-refractivity contribution in [2.75, 3.05) is 0 Å². The molecule has 6 heteroatoms. The second-order valence-electron chi connectivity index (χ2n) is 14.2. The fourth-order valence-electron chi connectivity index (χ4n) is 9.25. The first-order valence-electron chi connectivity index (χ1n) is 14.2. The molecule has 5 fully saturated rings. The average molecular weight is 523 g/mol. The van der Waals surface area contributed by atoms with Crippen molar-refractivity contribution < 1.29 is 28.9 Å². The molecule has 1 saturated heterocycles. The quantitative estimate of drug-likeness (QED) is 0.435. The number of hydrogen-bond donors (Lipinski definition) is 1. The molecule has 1 aromatic rings. The van der Waals surface area contributed by atoms with Gasteiger partial charge in [0, 0.05) is 11.5 Å². The van der Waals surface area contributed by atoms with Gasteiger partial charge in [-0.25, -0.2) is 4.79 Å². The minimum absolute atomic E-state index is 0.0203. The van der Waals surface area contributed by atoms with E-state index >= 15 is 0 Å². The zero-order chi connectivity index (χ0) is 27.5. The molecule has 6 nitrogen and oxygen atoms in total. The highest BCUT2D eigenvalue weighted by Crippen LogP contribution is 2.75. The molecule has 5 aliphatic rings. The SMILES string of the molecule is C[C@H]1C[C@@]23OC(C)(C)O[C@@H]4[C@H]5[C@@H](CC[C@@](C)([C@H](O)[C@H]2[C@H]1OC(=O)/C=C/c1ccccc1)[C@@]4(C)C3=O)C5(C)C. The van der Waals surface area contributed by atoms with Crippen molar-refractivity contribution in [2.45, 2.75) is 97.4 Å². The highest BCUT2D eigenvalue weighted by molar-refractivity contribution is 5.96. The third-order valence-corrected chi connectivity index (χ3v) is 11.4. The highest BCUT2D eigenvalue weighted by atomic mass is 16.7. The van der Waals surface area contributed by atoms with Gasteiger partial charge in [-0.05, 0) is 74.8 Å². The van der Waals surface area contributed by atoms with Gasteiger partial charge in [0.15, 0.2) is 11.6 Å². The van der Waals surface area contributed by atoms with Crippen LogP contribution in [0.5, 0.6) is 0 Å². The molecule has 1 aliphatic heterocycles. The molecule has 0 aromatic heterocycles. The minimum Gasteiger partial charge on any atom is -0.458 e. The lowest BCUT2D eigenvalue weighted by Crippen LogP contribution is -2.72. The molecular weight excluding hydrogens is 480 g/mol. The van der Waals surface area contributed by atoms with E-state index in [1.54, 1.807) is 6.08 Å². The number of hydrogen-bond acceptors (Lipinski definition) is 6. The van der Waals surface area contributed by atoms with Crippen molar-refractivity contribution in [1.82, 2.24) is 0 Å². The van der Waals surface area contributed by atoms with Gasteiger partial charge in [-0.3, -0.25) is 4.79 Å². The number of ether oxygens (including phenoxy) is 3. The van der Waals surface area contributed by atoms with E-state index < -0.39 is 46.3 Å². The lowest BCUT2D eigenvalue weighted by atomic mass is 9.46. The van der Waals surface area contributed by atoms with Crippen LogP contribution in [0, 0.1) is 39.9 Å². The highest BCUT2D eigenvalue weighted by Gasteiger charge is 2.82. The first kappa shape index (κ1) is 26.2. The van der Waals surface area contributed by atoms with Crippen molar-refractivity contribution in [3.63, 3.8) is 0 Å². The van der Waals surface area contributed by atoms with E-state index in [0.29, 0.717) is 12.3 Å². The van der Waals surface area contributed by atoms with Crippen LogP contribution in [0.2, 0.25) is 0 Å². The Morgan fingerprint density at radius 1 is 1.08 bits per heavy atom. The largest absolute Gasteiger partial charge is 0.458 e. The van der Waals surface area contributed by atoms with Gasteiger partial charge in [0.25, 0.3) is 0 Å². The van der Waals surface area contributed by atoms with Gasteiger partial charge < -0.3 is 19.3 Å². The van der Waals surface area contributed by atoms with E-state index in [9.17, 15) is 14.7 Å². The maximum absolute atomic E-state index is 14.9. The minimum atomic E-state index is -1.28. The maximum atomic E-state index is 14.9. The number of ketones is 1. The lowest BCUT2D eigenvalue weighted by molar-refractivity contribution is -0.281. The molecule has 4 aliphatic carbocycles. The van der Waals surface area contributed by atoms with Crippen molar-refractivity contribution >= 4 is 17.8 Å². The Morgan fingerprint density at radius 3 is 2.45 bits per heavy atom. The van der Waals surface area contributed by atoms with E-state index in [0.717, 1.165) is 18.4 Å². The Bertz CT molecular complexity index is 1190. The monoisotopic (exact) mass is 522 g/mol. The summed E-state index contributed by atoms with van der Waals surface area (Å²) in [6.45, 7) is 14.4. The standard InChI is InChI=1S/C32H42O6/c1-18-17-32-23(24(18)36-21(33)14-13-19-11-9-8-10-12-19)25(34)30(6)16-15-20-22(28(20,2)3)26(31(30,7)27(32)35)37-29(4,5)38-32/h8-14,18,20,22-26,34H,15-17H2,1-7H3/b14-13+/t18-,20+,22+,23+,24-,25+,26+,30-,31+,32+/m0/s1. The van der Waals surface area contributed by atoms with Crippen molar-refractivity contribution in [3.05, 3.63) is 42.0 Å². The Hall–Kier alpha value is -2.02. The number of Topliss-reactive ketones (excluding diaryl/α,β-unsaturated/α-hetero) is 1. The molecule has 1 heterocycles. The number of carbonyl (C=O) groups excluding carboxylic acids is 2. The lowest BCUT2D eigenvalue weighted by Gasteiger charge is -2.59. The Kier molecular flexibility index (Phi) is 5.53. The molecule has 1 aromatic carbocycles. The predicted octanol–water partition coefficient (Wildman–Crippen LogP) is 5.18. The van der Waals surface area contributed by atoms with Gasteiger partial charge in [0.2, 0.25) is 0 Å². The fraction of sp³-hybridized carbons (Fsp3) is 0.688. The maximum Gasteiger partial charge on any atom is 0.331 e. The third-order valence-electron chi connectivity index (χ3n) is 11.4. The Morgan fingerprint density at radius 2 is 1.76 bits per heavy atom. The predicted molar refractivity (Wildman–Crippen MR) is 143 cm³/mol. The van der Waals surface area contributed by atoms with Gasteiger partial charge in [-0.15, -0.1) is 0 Å². The second-order valence-corrected chi connectivity index (χ2v) is 14.2. The van der Waals surface area contributed by atoms with E-state index in [-0.39, 0.29) is 29.1 Å². The molecule has 1 spiro atoms. The van der Waals surface area contributed by atoms with E-state index in [1.807, 2.05) is 58.0 Å². The van der Waals surface area contributed by atoms with Gasteiger partial charge in [-0.2, -0.15) is 0 Å². The Labute approximate surface area is 226 Å². The zero-order valence-electron chi connectivity index (χ0n) is 23.7. The molecule has 4 saturated carbocycles. The summed E-state index contributed by atoms with van der Waals surface area (Å²) < 4.78 is 19.6. The summed E-state index contributed by atoms with van der Waals surface area (Å²) in [6, 6.07) is 9.57. The van der Waals surface area contributed by atoms with E-state index in [4.69, 9.17) is 14.2 Å². The van der Waals surface area contributed by atoms with Crippen LogP contribution in [0.25, 0.3) is 6.08 Å². The number of rotatable bonds is 3. The van der Waals surface area contributed by atoms with Crippen molar-refractivity contribution in [2.24, 2.45) is 39.9 Å². The zero-order valence-corrected chi connectivity index (χ0v) is 23.7. The van der Waals surface area contributed by atoms with Gasteiger partial charge in [0.1, 0.15) is 11.7 Å². The van der Waals surface area contributed by atoms with Crippen LogP contribution in [-0.4, -0.2) is 46.6 Å². The first-order chi connectivity index (χ1) is 17.7. The van der Waals surface area contributed by atoms with Crippen LogP contribution in [0.1, 0.15) is 73.3 Å². The number of esters is 1. The molecule has 38 heavy (non-hydrogen) atoms. The molecular formula is C32H42O6. The van der Waals surface area contributed by atoms with Crippen molar-refractivity contribution in [1.29, 1.82) is 0 Å². The summed E-state index contributed by atoms with van der Waals surface area (Å²) in [5.41, 5.74) is -1.95. The van der Waals surface area contributed by atoms with Crippen LogP contribution < -0.4 is 0 Å². The normalized spacial score (nSPS) is 48.0. The van der Waals surface area contributed by atoms with Gasteiger partial charge in [-0.1, -0.05) is 58.0 Å². The summed E-state index contributed by atoms with van der Waals surface area (Å²) in [6.07, 6.45) is 3.31. The summed E-state index contributed by atoms with van der Waals surface area (Å²) in [4.78, 5) is 28.0. The summed E-state index contributed by atoms with van der Waals surface area (Å²) in [7, 11) is 0. The number of aliphatic hydroxyl groups is 1. The molecule has 206 valence electrons. The van der Waals surface area contributed by atoms with E-state index in [1.165, 1.54) is 6.08 Å².